The summed E-state index contributed by atoms with van der Waals surface area (Å²) in [5.74, 6) is -0.249. The summed E-state index contributed by atoms with van der Waals surface area (Å²) in [6.07, 6.45) is 6.81. The quantitative estimate of drug-likeness (QED) is 0.765. The predicted octanol–water partition coefficient (Wildman–Crippen LogP) is 2.67. The summed E-state index contributed by atoms with van der Waals surface area (Å²) in [5, 5.41) is 12.4. The van der Waals surface area contributed by atoms with Gasteiger partial charge in [-0.3, -0.25) is 4.68 Å². The van der Waals surface area contributed by atoms with Gasteiger partial charge in [-0.25, -0.2) is 9.07 Å². The first-order chi connectivity index (χ1) is 12.6. The number of hydrogen-bond donors (Lipinski definition) is 1. The fourth-order valence-electron chi connectivity index (χ4n) is 3.44. The van der Waals surface area contributed by atoms with Crippen molar-refractivity contribution in [3.05, 3.63) is 65.5 Å². The second-order valence-corrected chi connectivity index (χ2v) is 6.68. The Bertz CT molecular complexity index is 886. The molecule has 136 valence electrons. The summed E-state index contributed by atoms with van der Waals surface area (Å²) in [5.41, 5.74) is 4.06. The van der Waals surface area contributed by atoms with Crippen molar-refractivity contribution >= 4 is 0 Å². The maximum Gasteiger partial charge on any atom is 0.123 e. The molecule has 0 spiro atoms. The van der Waals surface area contributed by atoms with Gasteiger partial charge in [0.2, 0.25) is 0 Å². The molecule has 0 radical (unpaired) electrons. The Morgan fingerprint density at radius 3 is 2.81 bits per heavy atom. The van der Waals surface area contributed by atoms with E-state index in [1.165, 1.54) is 12.1 Å². The standard InChI is InChI=1S/C19H22FN5O/c1-13-17(12-24(2)23-13)19-18(7-8-26-19)21-9-14-10-22-25(11-14)16-5-3-15(20)4-6-16/h3-6,10-12,18-19,21H,7-9H2,1-2H3/t18-,19+/m0/s1. The van der Waals surface area contributed by atoms with E-state index in [2.05, 4.69) is 15.5 Å². The highest BCUT2D eigenvalue weighted by Crippen LogP contribution is 2.31. The van der Waals surface area contributed by atoms with Crippen molar-refractivity contribution in [2.24, 2.45) is 7.05 Å². The molecule has 1 aromatic carbocycles. The number of hydrogen-bond acceptors (Lipinski definition) is 4. The van der Waals surface area contributed by atoms with Gasteiger partial charge < -0.3 is 10.1 Å². The predicted molar refractivity (Wildman–Crippen MR) is 95.4 cm³/mol. The lowest BCUT2D eigenvalue weighted by Gasteiger charge is -2.19. The van der Waals surface area contributed by atoms with Gasteiger partial charge in [0.25, 0.3) is 0 Å². The third kappa shape index (κ3) is 3.40. The van der Waals surface area contributed by atoms with Crippen LogP contribution in [0.25, 0.3) is 5.69 Å². The van der Waals surface area contributed by atoms with Crippen LogP contribution >= 0.6 is 0 Å². The molecule has 0 amide bonds. The summed E-state index contributed by atoms with van der Waals surface area (Å²) >= 11 is 0. The van der Waals surface area contributed by atoms with Crippen LogP contribution in [-0.4, -0.2) is 32.2 Å². The van der Waals surface area contributed by atoms with E-state index < -0.39 is 0 Å². The Balaban J connectivity index is 1.42. The number of aromatic nitrogens is 4. The second kappa shape index (κ2) is 7.01. The van der Waals surface area contributed by atoms with Gasteiger partial charge in [-0.05, 0) is 37.6 Å². The fraction of sp³-hybridized carbons (Fsp3) is 0.368. The SMILES string of the molecule is Cc1nn(C)cc1[C@H]1OCC[C@@H]1NCc1cnn(-c2ccc(F)cc2)c1. The highest BCUT2D eigenvalue weighted by atomic mass is 19.1. The summed E-state index contributed by atoms with van der Waals surface area (Å²) < 4.78 is 22.6. The third-order valence-electron chi connectivity index (χ3n) is 4.75. The van der Waals surface area contributed by atoms with Crippen LogP contribution in [0.15, 0.2) is 42.9 Å². The highest BCUT2D eigenvalue weighted by molar-refractivity contribution is 5.31. The van der Waals surface area contributed by atoms with E-state index in [4.69, 9.17) is 4.74 Å². The lowest BCUT2D eigenvalue weighted by molar-refractivity contribution is 0.0979. The van der Waals surface area contributed by atoms with Crippen molar-refractivity contribution in [2.75, 3.05) is 6.61 Å². The Morgan fingerprint density at radius 1 is 1.27 bits per heavy atom. The Morgan fingerprint density at radius 2 is 2.08 bits per heavy atom. The third-order valence-corrected chi connectivity index (χ3v) is 4.75. The van der Waals surface area contributed by atoms with Crippen molar-refractivity contribution in [1.29, 1.82) is 0 Å². The summed E-state index contributed by atoms with van der Waals surface area (Å²) in [4.78, 5) is 0. The molecule has 0 bridgehead atoms. The minimum atomic E-state index is -0.249. The van der Waals surface area contributed by atoms with E-state index in [1.807, 2.05) is 37.2 Å². The van der Waals surface area contributed by atoms with Crippen LogP contribution in [-0.2, 0) is 18.3 Å². The molecule has 1 aliphatic rings. The first-order valence-corrected chi connectivity index (χ1v) is 8.75. The minimum Gasteiger partial charge on any atom is -0.372 e. The van der Waals surface area contributed by atoms with Crippen LogP contribution in [0.3, 0.4) is 0 Å². The molecule has 0 unspecified atom stereocenters. The molecular weight excluding hydrogens is 333 g/mol. The van der Waals surface area contributed by atoms with Crippen LogP contribution in [0.5, 0.6) is 0 Å². The maximum absolute atomic E-state index is 13.1. The van der Waals surface area contributed by atoms with Gasteiger partial charge in [-0.1, -0.05) is 0 Å². The monoisotopic (exact) mass is 355 g/mol. The number of halogens is 1. The number of ether oxygens (including phenoxy) is 1. The van der Waals surface area contributed by atoms with E-state index in [9.17, 15) is 4.39 Å². The Kier molecular flexibility index (Phi) is 4.57. The van der Waals surface area contributed by atoms with E-state index >= 15 is 0 Å². The molecule has 26 heavy (non-hydrogen) atoms. The molecule has 6 nitrogen and oxygen atoms in total. The van der Waals surface area contributed by atoms with Gasteiger partial charge in [0.05, 0.1) is 17.6 Å². The first-order valence-electron chi connectivity index (χ1n) is 8.75. The Hall–Kier alpha value is -2.51. The smallest absolute Gasteiger partial charge is 0.123 e. The molecule has 4 rings (SSSR count). The van der Waals surface area contributed by atoms with Crippen molar-refractivity contribution in [2.45, 2.75) is 32.0 Å². The van der Waals surface area contributed by atoms with Gasteiger partial charge in [0, 0.05) is 49.8 Å². The summed E-state index contributed by atoms with van der Waals surface area (Å²) in [7, 11) is 1.93. The topological polar surface area (TPSA) is 56.9 Å². The van der Waals surface area contributed by atoms with Gasteiger partial charge in [0.15, 0.2) is 0 Å². The molecule has 0 aliphatic carbocycles. The van der Waals surface area contributed by atoms with Gasteiger partial charge in [0.1, 0.15) is 11.9 Å². The molecular formula is C19H22FN5O. The molecule has 1 saturated heterocycles. The van der Waals surface area contributed by atoms with Crippen molar-refractivity contribution < 1.29 is 9.13 Å². The molecule has 3 aromatic rings. The minimum absolute atomic E-state index is 0.0239. The van der Waals surface area contributed by atoms with E-state index in [-0.39, 0.29) is 18.0 Å². The molecule has 0 saturated carbocycles. The van der Waals surface area contributed by atoms with Crippen LogP contribution in [0, 0.1) is 12.7 Å². The summed E-state index contributed by atoms with van der Waals surface area (Å²) in [6.45, 7) is 3.46. The van der Waals surface area contributed by atoms with E-state index in [0.717, 1.165) is 35.5 Å². The van der Waals surface area contributed by atoms with Crippen molar-refractivity contribution in [3.8, 4) is 5.69 Å². The zero-order valence-corrected chi connectivity index (χ0v) is 14.9. The van der Waals surface area contributed by atoms with Crippen LogP contribution < -0.4 is 5.32 Å². The largest absolute Gasteiger partial charge is 0.372 e. The van der Waals surface area contributed by atoms with Crippen LogP contribution in [0.1, 0.15) is 29.3 Å². The van der Waals surface area contributed by atoms with Crippen LogP contribution in [0.4, 0.5) is 4.39 Å². The van der Waals surface area contributed by atoms with E-state index in [0.29, 0.717) is 6.54 Å². The molecule has 1 aliphatic heterocycles. The normalized spacial score (nSPS) is 20.0. The lowest BCUT2D eigenvalue weighted by atomic mass is 10.0. The highest BCUT2D eigenvalue weighted by Gasteiger charge is 2.31. The average molecular weight is 355 g/mol. The first kappa shape index (κ1) is 16.9. The van der Waals surface area contributed by atoms with Crippen molar-refractivity contribution in [1.82, 2.24) is 24.9 Å². The summed E-state index contributed by atoms with van der Waals surface area (Å²) in [6, 6.07) is 6.54. The van der Waals surface area contributed by atoms with Crippen molar-refractivity contribution in [3.63, 3.8) is 0 Å². The molecule has 1 N–H and O–H groups in total. The van der Waals surface area contributed by atoms with Gasteiger partial charge in [-0.2, -0.15) is 10.2 Å². The number of nitrogens with zero attached hydrogens (tertiary/aromatic N) is 4. The fourth-order valence-corrected chi connectivity index (χ4v) is 3.44. The molecule has 3 heterocycles. The van der Waals surface area contributed by atoms with Gasteiger partial charge in [-0.15, -0.1) is 0 Å². The molecule has 2 aromatic heterocycles. The average Bonchev–Trinajstić information content (AvgIpc) is 3.33. The molecule has 1 fully saturated rings. The number of nitrogens with one attached hydrogen (secondary N) is 1. The number of rotatable bonds is 5. The zero-order valence-electron chi connectivity index (χ0n) is 14.9. The molecule has 7 heteroatoms. The Labute approximate surface area is 151 Å². The van der Waals surface area contributed by atoms with Gasteiger partial charge >= 0.3 is 0 Å². The zero-order chi connectivity index (χ0) is 18.1. The number of benzene rings is 1. The molecule has 2 atom stereocenters. The second-order valence-electron chi connectivity index (χ2n) is 6.68. The number of aryl methyl sites for hydroxylation is 2. The van der Waals surface area contributed by atoms with Crippen LogP contribution in [0.2, 0.25) is 0 Å². The lowest BCUT2D eigenvalue weighted by Crippen LogP contribution is -2.31. The maximum atomic E-state index is 13.1. The van der Waals surface area contributed by atoms with E-state index in [1.54, 1.807) is 16.8 Å².